The van der Waals surface area contributed by atoms with Gasteiger partial charge >= 0.3 is 0 Å². The molecule has 2 aromatic rings. The van der Waals surface area contributed by atoms with E-state index in [2.05, 4.69) is 25.9 Å². The lowest BCUT2D eigenvalue weighted by Crippen LogP contribution is -2.10. The summed E-state index contributed by atoms with van der Waals surface area (Å²) in [4.78, 5) is 8.76. The van der Waals surface area contributed by atoms with Crippen LogP contribution in [-0.4, -0.2) is 41.9 Å². The Bertz CT molecular complexity index is 829. The molecular weight excluding hydrogens is 386 g/mol. The van der Waals surface area contributed by atoms with E-state index in [-0.39, 0.29) is 10.6 Å². The summed E-state index contributed by atoms with van der Waals surface area (Å²) in [5.41, 5.74) is 1.05. The first kappa shape index (κ1) is 16.6. The van der Waals surface area contributed by atoms with Crippen LogP contribution in [0.2, 0.25) is 0 Å². The molecule has 124 valence electrons. The van der Waals surface area contributed by atoms with Crippen molar-refractivity contribution in [3.63, 3.8) is 0 Å². The molecule has 0 radical (unpaired) electrons. The Morgan fingerprint density at radius 3 is 2.65 bits per heavy atom. The minimum atomic E-state index is -3.43. The van der Waals surface area contributed by atoms with E-state index in [9.17, 15) is 8.42 Å². The van der Waals surface area contributed by atoms with Gasteiger partial charge in [-0.1, -0.05) is 6.92 Å². The van der Waals surface area contributed by atoms with E-state index in [1.54, 1.807) is 37.0 Å². The standard InChI is InChI=1S/C14H16BrN3O4S/c1-3-23(19,20)11-6-9(15)7-16-12(11)13-17-8-10(18(13)2)14-21-4-5-22-14/h6-8,14H,3-5H2,1-2H3. The number of nitrogens with zero attached hydrogens (tertiary/aromatic N) is 3. The van der Waals surface area contributed by atoms with Crippen LogP contribution in [0.15, 0.2) is 27.8 Å². The van der Waals surface area contributed by atoms with Crippen LogP contribution in [0.5, 0.6) is 0 Å². The van der Waals surface area contributed by atoms with Gasteiger partial charge in [0.15, 0.2) is 15.7 Å². The van der Waals surface area contributed by atoms with E-state index in [1.165, 1.54) is 0 Å². The van der Waals surface area contributed by atoms with E-state index in [1.807, 2.05) is 0 Å². The van der Waals surface area contributed by atoms with Crippen LogP contribution in [-0.2, 0) is 26.4 Å². The van der Waals surface area contributed by atoms with Crippen LogP contribution >= 0.6 is 15.9 Å². The van der Waals surface area contributed by atoms with Crippen LogP contribution in [0, 0.1) is 0 Å². The topological polar surface area (TPSA) is 83.3 Å². The van der Waals surface area contributed by atoms with Gasteiger partial charge in [-0.15, -0.1) is 0 Å². The predicted octanol–water partition coefficient (Wildman–Crippen LogP) is 2.08. The molecule has 1 fully saturated rings. The first-order chi connectivity index (χ1) is 10.9. The summed E-state index contributed by atoms with van der Waals surface area (Å²) in [5.74, 6) is 0.447. The summed E-state index contributed by atoms with van der Waals surface area (Å²) in [6.07, 6.45) is 2.70. The number of halogens is 1. The molecule has 0 aromatic carbocycles. The maximum atomic E-state index is 12.4. The number of aromatic nitrogens is 3. The van der Waals surface area contributed by atoms with Crippen LogP contribution in [0.4, 0.5) is 0 Å². The molecule has 3 rings (SSSR count). The van der Waals surface area contributed by atoms with E-state index in [0.29, 0.717) is 29.2 Å². The fourth-order valence-corrected chi connectivity index (χ4v) is 3.91. The molecule has 1 aliphatic rings. The molecule has 3 heterocycles. The second kappa shape index (κ2) is 6.31. The highest BCUT2D eigenvalue weighted by atomic mass is 79.9. The van der Waals surface area contributed by atoms with Crippen molar-refractivity contribution in [2.75, 3.05) is 19.0 Å². The predicted molar refractivity (Wildman–Crippen MR) is 86.5 cm³/mol. The van der Waals surface area contributed by atoms with Gasteiger partial charge in [-0.25, -0.2) is 13.4 Å². The average Bonchev–Trinajstić information content (AvgIpc) is 3.17. The first-order valence-electron chi connectivity index (χ1n) is 7.07. The van der Waals surface area contributed by atoms with Crippen molar-refractivity contribution in [3.05, 3.63) is 28.6 Å². The van der Waals surface area contributed by atoms with E-state index in [4.69, 9.17) is 9.47 Å². The van der Waals surface area contributed by atoms with Gasteiger partial charge in [0, 0.05) is 17.7 Å². The summed E-state index contributed by atoms with van der Waals surface area (Å²) in [6, 6.07) is 1.55. The van der Waals surface area contributed by atoms with Crippen molar-refractivity contribution < 1.29 is 17.9 Å². The minimum Gasteiger partial charge on any atom is -0.345 e. The summed E-state index contributed by atoms with van der Waals surface area (Å²) < 4.78 is 38.1. The van der Waals surface area contributed by atoms with Crippen molar-refractivity contribution in [1.82, 2.24) is 14.5 Å². The fraction of sp³-hybridized carbons (Fsp3) is 0.429. The quantitative estimate of drug-likeness (QED) is 0.779. The van der Waals surface area contributed by atoms with Gasteiger partial charge in [0.1, 0.15) is 5.69 Å². The molecule has 0 saturated carbocycles. The molecule has 1 aliphatic heterocycles. The third-order valence-corrected chi connectivity index (χ3v) is 5.81. The summed E-state index contributed by atoms with van der Waals surface area (Å²) >= 11 is 3.27. The summed E-state index contributed by atoms with van der Waals surface area (Å²) in [5, 5.41) is 0. The molecule has 0 unspecified atom stereocenters. The Morgan fingerprint density at radius 1 is 1.30 bits per heavy atom. The molecule has 7 nitrogen and oxygen atoms in total. The number of ether oxygens (including phenoxy) is 2. The Hall–Kier alpha value is -1.29. The molecule has 2 aromatic heterocycles. The third-order valence-electron chi connectivity index (χ3n) is 3.63. The SMILES string of the molecule is CCS(=O)(=O)c1cc(Br)cnc1-c1ncc(C2OCCO2)n1C. The molecule has 0 aliphatic carbocycles. The van der Waals surface area contributed by atoms with Gasteiger partial charge < -0.3 is 14.0 Å². The lowest BCUT2D eigenvalue weighted by atomic mass is 10.3. The lowest BCUT2D eigenvalue weighted by molar-refractivity contribution is -0.0491. The highest BCUT2D eigenvalue weighted by Gasteiger charge is 2.27. The Kier molecular flexibility index (Phi) is 4.54. The van der Waals surface area contributed by atoms with Crippen molar-refractivity contribution >= 4 is 25.8 Å². The highest BCUT2D eigenvalue weighted by Crippen LogP contribution is 2.31. The maximum absolute atomic E-state index is 12.4. The van der Waals surface area contributed by atoms with E-state index >= 15 is 0 Å². The summed E-state index contributed by atoms with van der Waals surface area (Å²) in [7, 11) is -1.65. The molecule has 9 heteroatoms. The maximum Gasteiger partial charge on any atom is 0.200 e. The fourth-order valence-electron chi connectivity index (χ4n) is 2.37. The van der Waals surface area contributed by atoms with Crippen molar-refractivity contribution in [1.29, 1.82) is 0 Å². The zero-order valence-corrected chi connectivity index (χ0v) is 15.1. The number of sulfone groups is 1. The van der Waals surface area contributed by atoms with Crippen LogP contribution in [0.3, 0.4) is 0 Å². The van der Waals surface area contributed by atoms with Crippen molar-refractivity contribution in [3.8, 4) is 11.5 Å². The number of hydrogen-bond donors (Lipinski definition) is 0. The zero-order valence-electron chi connectivity index (χ0n) is 12.7. The second-order valence-corrected chi connectivity index (χ2v) is 8.21. The molecule has 23 heavy (non-hydrogen) atoms. The molecule has 0 bridgehead atoms. The normalized spacial score (nSPS) is 16.1. The zero-order chi connectivity index (χ0) is 16.6. The molecule has 0 N–H and O–H groups in total. The molecule has 1 saturated heterocycles. The number of imidazole rings is 1. The van der Waals surface area contributed by atoms with Gasteiger partial charge in [0.2, 0.25) is 6.29 Å². The van der Waals surface area contributed by atoms with Gasteiger partial charge in [-0.05, 0) is 22.0 Å². The van der Waals surface area contributed by atoms with Crippen LogP contribution < -0.4 is 0 Å². The van der Waals surface area contributed by atoms with Crippen molar-refractivity contribution in [2.45, 2.75) is 18.1 Å². The Morgan fingerprint density at radius 2 is 2.00 bits per heavy atom. The minimum absolute atomic E-state index is 0.00966. The number of pyridine rings is 1. The molecular formula is C14H16BrN3O4S. The third kappa shape index (κ3) is 3.06. The average molecular weight is 402 g/mol. The van der Waals surface area contributed by atoms with Gasteiger partial charge in [-0.3, -0.25) is 4.98 Å². The molecule has 0 spiro atoms. The lowest BCUT2D eigenvalue weighted by Gasteiger charge is -2.12. The second-order valence-electron chi connectivity index (χ2n) is 5.04. The number of rotatable bonds is 4. The monoisotopic (exact) mass is 401 g/mol. The first-order valence-corrected chi connectivity index (χ1v) is 9.52. The molecule has 0 atom stereocenters. The molecule has 0 amide bonds. The smallest absolute Gasteiger partial charge is 0.200 e. The highest BCUT2D eigenvalue weighted by molar-refractivity contribution is 9.10. The largest absolute Gasteiger partial charge is 0.345 e. The number of hydrogen-bond acceptors (Lipinski definition) is 6. The van der Waals surface area contributed by atoms with Gasteiger partial charge in [0.25, 0.3) is 0 Å². The van der Waals surface area contributed by atoms with E-state index < -0.39 is 16.1 Å². The van der Waals surface area contributed by atoms with Gasteiger partial charge in [0.05, 0.1) is 35.8 Å². The summed E-state index contributed by atoms with van der Waals surface area (Å²) in [6.45, 7) is 2.65. The Labute approximate surface area is 142 Å². The van der Waals surface area contributed by atoms with Crippen LogP contribution in [0.1, 0.15) is 18.9 Å². The van der Waals surface area contributed by atoms with Gasteiger partial charge in [-0.2, -0.15) is 0 Å². The van der Waals surface area contributed by atoms with Crippen molar-refractivity contribution in [2.24, 2.45) is 7.05 Å². The Balaban J connectivity index is 2.13. The van der Waals surface area contributed by atoms with Crippen LogP contribution in [0.25, 0.3) is 11.5 Å². The van der Waals surface area contributed by atoms with E-state index in [0.717, 1.165) is 5.69 Å².